The van der Waals surface area contributed by atoms with E-state index < -0.39 is 5.60 Å². The van der Waals surface area contributed by atoms with Gasteiger partial charge in [0.2, 0.25) is 0 Å². The fourth-order valence-corrected chi connectivity index (χ4v) is 3.16. The molecule has 140 valence electrons. The maximum absolute atomic E-state index is 12.7. The van der Waals surface area contributed by atoms with Crippen LogP contribution in [0.3, 0.4) is 0 Å². The van der Waals surface area contributed by atoms with Gasteiger partial charge in [0.1, 0.15) is 5.60 Å². The maximum atomic E-state index is 12.7. The predicted molar refractivity (Wildman–Crippen MR) is 95.3 cm³/mol. The van der Waals surface area contributed by atoms with Crippen molar-refractivity contribution in [2.75, 3.05) is 27.4 Å². The predicted octanol–water partition coefficient (Wildman–Crippen LogP) is 3.31. The van der Waals surface area contributed by atoms with E-state index in [1.807, 2.05) is 32.9 Å². The Kier molecular flexibility index (Phi) is 6.16. The first-order valence-electron chi connectivity index (χ1n) is 8.66. The molecule has 1 N–H and O–H groups in total. The molecule has 2 rings (SSSR count). The number of hydrogen-bond donors (Lipinski definition) is 1. The number of rotatable bonds is 5. The lowest BCUT2D eigenvalue weighted by atomic mass is 9.89. The summed E-state index contributed by atoms with van der Waals surface area (Å²) in [6, 6.07) is 3.77. The second-order valence-electron chi connectivity index (χ2n) is 7.21. The van der Waals surface area contributed by atoms with Gasteiger partial charge in [-0.25, -0.2) is 4.79 Å². The van der Waals surface area contributed by atoms with Crippen LogP contribution in [-0.2, 0) is 11.2 Å². The van der Waals surface area contributed by atoms with Crippen LogP contribution < -0.4 is 9.47 Å². The van der Waals surface area contributed by atoms with Gasteiger partial charge >= 0.3 is 6.09 Å². The van der Waals surface area contributed by atoms with Crippen LogP contribution in [0.4, 0.5) is 4.79 Å². The molecule has 1 atom stereocenters. The smallest absolute Gasteiger partial charge is 0.410 e. The van der Waals surface area contributed by atoms with Crippen molar-refractivity contribution in [3.8, 4) is 11.5 Å². The van der Waals surface area contributed by atoms with Crippen LogP contribution in [0.15, 0.2) is 12.1 Å². The monoisotopic (exact) mass is 351 g/mol. The molecular weight excluding hydrogens is 322 g/mol. The highest BCUT2D eigenvalue weighted by Gasteiger charge is 2.34. The van der Waals surface area contributed by atoms with E-state index in [4.69, 9.17) is 14.2 Å². The number of aliphatic hydroxyl groups is 1. The number of carbonyl (C=O) groups excluding carboxylic acids is 1. The molecule has 25 heavy (non-hydrogen) atoms. The second-order valence-corrected chi connectivity index (χ2v) is 7.21. The Labute approximate surface area is 149 Å². The number of aliphatic hydroxyl groups excluding tert-OH is 1. The third kappa shape index (κ3) is 4.57. The van der Waals surface area contributed by atoms with E-state index >= 15 is 0 Å². The molecule has 0 saturated heterocycles. The fourth-order valence-electron chi connectivity index (χ4n) is 3.16. The van der Waals surface area contributed by atoms with Gasteiger partial charge in [-0.15, -0.1) is 0 Å². The Hall–Kier alpha value is -1.95. The molecule has 0 aromatic heterocycles. The van der Waals surface area contributed by atoms with Crippen molar-refractivity contribution in [3.05, 3.63) is 23.3 Å². The molecule has 1 heterocycles. The van der Waals surface area contributed by atoms with E-state index in [1.165, 1.54) is 0 Å². The summed E-state index contributed by atoms with van der Waals surface area (Å²) in [5.41, 5.74) is 1.62. The van der Waals surface area contributed by atoms with E-state index in [0.717, 1.165) is 17.5 Å². The molecule has 1 aromatic carbocycles. The molecule has 0 saturated carbocycles. The van der Waals surface area contributed by atoms with E-state index in [0.29, 0.717) is 30.9 Å². The highest BCUT2D eigenvalue weighted by atomic mass is 16.6. The minimum atomic E-state index is -0.545. The lowest BCUT2D eigenvalue weighted by Gasteiger charge is -2.38. The minimum absolute atomic E-state index is 0.0846. The second kappa shape index (κ2) is 7.95. The zero-order valence-corrected chi connectivity index (χ0v) is 15.8. The highest BCUT2D eigenvalue weighted by Crippen LogP contribution is 2.40. The van der Waals surface area contributed by atoms with Gasteiger partial charge in [0.15, 0.2) is 11.5 Å². The zero-order valence-electron chi connectivity index (χ0n) is 15.8. The largest absolute Gasteiger partial charge is 0.493 e. The van der Waals surface area contributed by atoms with E-state index in [2.05, 4.69) is 0 Å². The van der Waals surface area contributed by atoms with Gasteiger partial charge in [-0.05, 0) is 63.3 Å². The van der Waals surface area contributed by atoms with E-state index in [-0.39, 0.29) is 18.7 Å². The molecule has 6 heteroatoms. The van der Waals surface area contributed by atoms with Crippen LogP contribution in [-0.4, -0.2) is 49.1 Å². The molecule has 1 aliphatic heterocycles. The normalized spacial score (nSPS) is 17.0. The Morgan fingerprint density at radius 1 is 1.24 bits per heavy atom. The zero-order chi connectivity index (χ0) is 18.6. The van der Waals surface area contributed by atoms with Crippen LogP contribution in [0.1, 0.15) is 50.8 Å². The summed E-state index contributed by atoms with van der Waals surface area (Å²) < 4.78 is 16.4. The molecule has 6 nitrogen and oxygen atoms in total. The Morgan fingerprint density at radius 3 is 2.44 bits per heavy atom. The molecule has 0 radical (unpaired) electrons. The molecule has 1 amide bonds. The number of amides is 1. The molecule has 0 spiro atoms. The van der Waals surface area contributed by atoms with Crippen molar-refractivity contribution < 1.29 is 24.1 Å². The van der Waals surface area contributed by atoms with Crippen molar-refractivity contribution >= 4 is 6.09 Å². The van der Waals surface area contributed by atoms with Crippen molar-refractivity contribution in [1.29, 1.82) is 0 Å². The quantitative estimate of drug-likeness (QED) is 0.881. The summed E-state index contributed by atoms with van der Waals surface area (Å²) in [6.07, 6.45) is 1.68. The average molecular weight is 351 g/mol. The van der Waals surface area contributed by atoms with Gasteiger partial charge in [-0.2, -0.15) is 0 Å². The number of methoxy groups -OCH3 is 2. The topological polar surface area (TPSA) is 68.2 Å². The van der Waals surface area contributed by atoms with Crippen molar-refractivity contribution in [3.63, 3.8) is 0 Å². The Balaban J connectivity index is 2.38. The third-order valence-corrected chi connectivity index (χ3v) is 4.27. The summed E-state index contributed by atoms with van der Waals surface area (Å²) in [4.78, 5) is 14.4. The SMILES string of the molecule is COc1cc2c(cc1OC)[C@H](CCCO)N(C(=O)OC(C)(C)C)CC2. The van der Waals surface area contributed by atoms with Crippen LogP contribution in [0, 0.1) is 0 Å². The standard InChI is InChI=1S/C19H29NO5/c1-19(2,3)25-18(22)20-9-8-13-11-16(23-4)17(24-5)12-14(13)15(20)7-6-10-21/h11-12,15,21H,6-10H2,1-5H3/t15-/m0/s1. The molecule has 0 fully saturated rings. The summed E-state index contributed by atoms with van der Waals surface area (Å²) in [6.45, 7) is 6.24. The van der Waals surface area contributed by atoms with Crippen molar-refractivity contribution in [1.82, 2.24) is 4.90 Å². The number of nitrogens with zero attached hydrogens (tertiary/aromatic N) is 1. The lowest BCUT2D eigenvalue weighted by Crippen LogP contribution is -2.43. The minimum Gasteiger partial charge on any atom is -0.493 e. The van der Waals surface area contributed by atoms with Gasteiger partial charge in [0, 0.05) is 13.2 Å². The van der Waals surface area contributed by atoms with Crippen molar-refractivity contribution in [2.24, 2.45) is 0 Å². The molecule has 1 aromatic rings. The number of carbonyl (C=O) groups is 1. The Bertz CT molecular complexity index is 609. The lowest BCUT2D eigenvalue weighted by molar-refractivity contribution is 0.0125. The molecule has 0 unspecified atom stereocenters. The number of fused-ring (bicyclic) bond motifs is 1. The van der Waals surface area contributed by atoms with Gasteiger partial charge in [0.05, 0.1) is 20.3 Å². The van der Waals surface area contributed by atoms with Crippen LogP contribution in [0.25, 0.3) is 0 Å². The third-order valence-electron chi connectivity index (χ3n) is 4.27. The van der Waals surface area contributed by atoms with Gasteiger partial charge in [0.25, 0.3) is 0 Å². The van der Waals surface area contributed by atoms with Crippen molar-refractivity contribution in [2.45, 2.75) is 51.7 Å². The number of hydrogen-bond acceptors (Lipinski definition) is 5. The molecule has 0 aliphatic carbocycles. The summed E-state index contributed by atoms with van der Waals surface area (Å²) >= 11 is 0. The van der Waals surface area contributed by atoms with Gasteiger partial charge in [-0.1, -0.05) is 0 Å². The number of ether oxygens (including phenoxy) is 3. The summed E-state index contributed by atoms with van der Waals surface area (Å²) in [5, 5.41) is 9.26. The summed E-state index contributed by atoms with van der Waals surface area (Å²) in [5.74, 6) is 1.33. The van der Waals surface area contributed by atoms with Crippen LogP contribution in [0.5, 0.6) is 11.5 Å². The first kappa shape index (κ1) is 19.4. The van der Waals surface area contributed by atoms with E-state index in [9.17, 15) is 9.90 Å². The Morgan fingerprint density at radius 2 is 1.88 bits per heavy atom. The van der Waals surface area contributed by atoms with Gasteiger partial charge < -0.3 is 24.2 Å². The van der Waals surface area contributed by atoms with Crippen LogP contribution >= 0.6 is 0 Å². The average Bonchev–Trinajstić information content (AvgIpc) is 2.56. The number of benzene rings is 1. The maximum Gasteiger partial charge on any atom is 0.410 e. The first-order chi connectivity index (χ1) is 11.8. The molecule has 0 bridgehead atoms. The van der Waals surface area contributed by atoms with Crippen LogP contribution in [0.2, 0.25) is 0 Å². The highest BCUT2D eigenvalue weighted by molar-refractivity contribution is 5.70. The molecule has 1 aliphatic rings. The van der Waals surface area contributed by atoms with Gasteiger partial charge in [-0.3, -0.25) is 0 Å². The first-order valence-corrected chi connectivity index (χ1v) is 8.66. The fraction of sp³-hybridized carbons (Fsp3) is 0.632. The molecular formula is C19H29NO5. The summed E-state index contributed by atoms with van der Waals surface area (Å²) in [7, 11) is 3.21. The van der Waals surface area contributed by atoms with E-state index in [1.54, 1.807) is 19.1 Å².